The van der Waals surface area contributed by atoms with Crippen molar-refractivity contribution >= 4 is 5.97 Å². The lowest BCUT2D eigenvalue weighted by Crippen LogP contribution is -2.32. The molecule has 0 aliphatic carbocycles. The van der Waals surface area contributed by atoms with Crippen molar-refractivity contribution in [1.29, 1.82) is 0 Å². The van der Waals surface area contributed by atoms with E-state index in [1.807, 2.05) is 0 Å². The summed E-state index contributed by atoms with van der Waals surface area (Å²) >= 11 is 0. The van der Waals surface area contributed by atoms with Gasteiger partial charge in [0.15, 0.2) is 17.7 Å². The topological polar surface area (TPSA) is 94.4 Å². The van der Waals surface area contributed by atoms with Gasteiger partial charge in [0.25, 0.3) is 0 Å². The number of hydrogen-bond donors (Lipinski definition) is 1. The van der Waals surface area contributed by atoms with Gasteiger partial charge in [0.2, 0.25) is 5.70 Å². The Balaban J connectivity index is 2.17. The molecule has 1 fully saturated rings. The van der Waals surface area contributed by atoms with Crippen LogP contribution in [0.5, 0.6) is 0 Å². The number of aliphatic hydroxyl groups is 1. The highest BCUT2D eigenvalue weighted by atomic mass is 16.8. The Morgan fingerprint density at radius 3 is 2.62 bits per heavy atom. The minimum Gasteiger partial charge on any atom is -0.506 e. The Kier molecular flexibility index (Phi) is 2.43. The van der Waals surface area contributed by atoms with Crippen LogP contribution in [0.1, 0.15) is 13.8 Å². The first-order chi connectivity index (χ1) is 7.44. The quantitative estimate of drug-likeness (QED) is 0.550. The smallest absolute Gasteiger partial charge is 0.365 e. The molecule has 0 bridgehead atoms. The van der Waals surface area contributed by atoms with Crippen LogP contribution < -0.4 is 0 Å². The van der Waals surface area contributed by atoms with Crippen LogP contribution in [-0.2, 0) is 19.0 Å². The lowest BCUT2D eigenvalue weighted by molar-refractivity contribution is -0.162. The molecule has 7 heteroatoms. The maximum Gasteiger partial charge on any atom is 0.365 e. The summed E-state index contributed by atoms with van der Waals surface area (Å²) in [5.74, 6) is -2.23. The average molecular weight is 229 g/mol. The number of nitroso groups, excluding NO2 is 1. The molecule has 2 rings (SSSR count). The molecule has 0 saturated carbocycles. The fraction of sp³-hybridized carbons (Fsp3) is 0.667. The van der Waals surface area contributed by atoms with E-state index < -0.39 is 35.4 Å². The number of carbonyl (C=O) groups is 1. The maximum absolute atomic E-state index is 11.1. The van der Waals surface area contributed by atoms with E-state index in [4.69, 9.17) is 14.2 Å². The molecule has 0 spiro atoms. The van der Waals surface area contributed by atoms with E-state index in [0.717, 1.165) is 0 Å². The van der Waals surface area contributed by atoms with Crippen LogP contribution in [0.4, 0.5) is 0 Å². The molecule has 2 heterocycles. The average Bonchev–Trinajstić information content (AvgIpc) is 2.68. The number of hydrogen-bond acceptors (Lipinski definition) is 7. The zero-order valence-corrected chi connectivity index (χ0v) is 8.80. The Morgan fingerprint density at radius 1 is 1.50 bits per heavy atom. The molecule has 2 atom stereocenters. The van der Waals surface area contributed by atoms with Crippen molar-refractivity contribution in [3.05, 3.63) is 16.4 Å². The highest BCUT2D eigenvalue weighted by Gasteiger charge is 2.46. The second-order valence-corrected chi connectivity index (χ2v) is 4.02. The second-order valence-electron chi connectivity index (χ2n) is 4.02. The number of rotatable bonds is 2. The molecular weight excluding hydrogens is 218 g/mol. The molecule has 0 aromatic carbocycles. The molecule has 1 N–H and O–H groups in total. The minimum absolute atomic E-state index is 0.168. The van der Waals surface area contributed by atoms with E-state index in [1.165, 1.54) is 0 Å². The predicted octanol–water partition coefficient (Wildman–Crippen LogP) is 0.599. The SMILES string of the molecule is CC1(C)OCC(C2OC(=O)C(N=O)=C2O)O1. The van der Waals surface area contributed by atoms with Gasteiger partial charge in [-0.1, -0.05) is 0 Å². The van der Waals surface area contributed by atoms with Crippen LogP contribution in [0.2, 0.25) is 0 Å². The third-order valence-electron chi connectivity index (χ3n) is 2.40. The number of esters is 1. The summed E-state index contributed by atoms with van der Waals surface area (Å²) in [6.45, 7) is 3.56. The van der Waals surface area contributed by atoms with Crippen molar-refractivity contribution < 1.29 is 24.1 Å². The first-order valence-corrected chi connectivity index (χ1v) is 4.74. The van der Waals surface area contributed by atoms with Gasteiger partial charge in [0, 0.05) is 0 Å². The molecule has 2 unspecified atom stereocenters. The van der Waals surface area contributed by atoms with Crippen LogP contribution in [0.3, 0.4) is 0 Å². The number of cyclic esters (lactones) is 1. The summed E-state index contributed by atoms with van der Waals surface area (Å²) < 4.78 is 15.5. The van der Waals surface area contributed by atoms with E-state index in [0.29, 0.717) is 0 Å². The molecule has 2 aliphatic heterocycles. The van der Waals surface area contributed by atoms with Crippen LogP contribution in [0.25, 0.3) is 0 Å². The lowest BCUT2D eigenvalue weighted by Gasteiger charge is -2.19. The van der Waals surface area contributed by atoms with Crippen molar-refractivity contribution in [2.45, 2.75) is 31.8 Å². The second kappa shape index (κ2) is 3.53. The first kappa shape index (κ1) is 11.0. The normalized spacial score (nSPS) is 33.0. The number of ether oxygens (including phenoxy) is 3. The molecule has 0 aromatic heterocycles. The molecule has 0 aromatic rings. The molecule has 88 valence electrons. The molecule has 16 heavy (non-hydrogen) atoms. The van der Waals surface area contributed by atoms with Crippen LogP contribution in [0, 0.1) is 4.91 Å². The predicted molar refractivity (Wildman–Crippen MR) is 50.2 cm³/mol. The van der Waals surface area contributed by atoms with Gasteiger partial charge >= 0.3 is 5.97 Å². The van der Waals surface area contributed by atoms with Gasteiger partial charge < -0.3 is 19.3 Å². The molecular formula is C9H11NO6. The van der Waals surface area contributed by atoms with Gasteiger partial charge in [-0.15, -0.1) is 4.91 Å². The van der Waals surface area contributed by atoms with Gasteiger partial charge in [-0.25, -0.2) is 4.79 Å². The summed E-state index contributed by atoms with van der Waals surface area (Å²) in [5.41, 5.74) is -0.599. The number of carbonyl (C=O) groups excluding carboxylic acids is 1. The van der Waals surface area contributed by atoms with Crippen molar-refractivity contribution in [2.75, 3.05) is 6.61 Å². The molecule has 7 nitrogen and oxygen atoms in total. The summed E-state index contributed by atoms with van der Waals surface area (Å²) in [7, 11) is 0. The Morgan fingerprint density at radius 2 is 2.19 bits per heavy atom. The van der Waals surface area contributed by atoms with Crippen molar-refractivity contribution in [3.8, 4) is 0 Å². The zero-order chi connectivity index (χ0) is 11.9. The number of nitrogens with zero attached hydrogens (tertiary/aromatic N) is 1. The van der Waals surface area contributed by atoms with Crippen molar-refractivity contribution in [2.24, 2.45) is 5.18 Å². The summed E-state index contributed by atoms with van der Waals surface area (Å²) in [6.07, 6.45) is -1.64. The van der Waals surface area contributed by atoms with E-state index in [9.17, 15) is 14.8 Å². The fourth-order valence-electron chi connectivity index (χ4n) is 1.67. The van der Waals surface area contributed by atoms with Crippen LogP contribution >= 0.6 is 0 Å². The largest absolute Gasteiger partial charge is 0.506 e. The highest BCUT2D eigenvalue weighted by Crippen LogP contribution is 2.32. The fourth-order valence-corrected chi connectivity index (χ4v) is 1.67. The molecule has 0 radical (unpaired) electrons. The van der Waals surface area contributed by atoms with E-state index in [2.05, 4.69) is 5.18 Å². The summed E-state index contributed by atoms with van der Waals surface area (Å²) in [4.78, 5) is 21.4. The highest BCUT2D eigenvalue weighted by molar-refractivity contribution is 5.91. The third-order valence-corrected chi connectivity index (χ3v) is 2.40. The van der Waals surface area contributed by atoms with Gasteiger partial charge in [-0.05, 0) is 19.0 Å². The molecule has 0 amide bonds. The minimum atomic E-state index is -1.01. The summed E-state index contributed by atoms with van der Waals surface area (Å²) in [5, 5.41) is 12.0. The molecule has 1 saturated heterocycles. The zero-order valence-electron chi connectivity index (χ0n) is 8.80. The van der Waals surface area contributed by atoms with E-state index in [1.54, 1.807) is 13.8 Å². The maximum atomic E-state index is 11.1. The van der Waals surface area contributed by atoms with Gasteiger partial charge in [0.1, 0.15) is 6.10 Å². The summed E-state index contributed by atoms with van der Waals surface area (Å²) in [6, 6.07) is 0. The number of aliphatic hydroxyl groups excluding tert-OH is 1. The van der Waals surface area contributed by atoms with Crippen LogP contribution in [0.15, 0.2) is 16.6 Å². The lowest BCUT2D eigenvalue weighted by atomic mass is 10.2. The Bertz CT molecular complexity index is 374. The first-order valence-electron chi connectivity index (χ1n) is 4.74. The van der Waals surface area contributed by atoms with E-state index >= 15 is 0 Å². The standard InChI is InChI=1S/C9H11NO6/c1-9(2)14-3-4(16-9)7-6(11)5(10-13)8(12)15-7/h4,7,11H,3H2,1-2H3. The molecule has 2 aliphatic rings. The van der Waals surface area contributed by atoms with Gasteiger partial charge in [-0.2, -0.15) is 0 Å². The van der Waals surface area contributed by atoms with Gasteiger partial charge in [-0.3, -0.25) is 0 Å². The van der Waals surface area contributed by atoms with Crippen molar-refractivity contribution in [1.82, 2.24) is 0 Å². The van der Waals surface area contributed by atoms with Crippen molar-refractivity contribution in [3.63, 3.8) is 0 Å². The monoisotopic (exact) mass is 229 g/mol. The van der Waals surface area contributed by atoms with Gasteiger partial charge in [0.05, 0.1) is 6.61 Å². The Labute approximate surface area is 90.9 Å². The Hall–Kier alpha value is -1.47. The third kappa shape index (κ3) is 1.68. The van der Waals surface area contributed by atoms with E-state index in [-0.39, 0.29) is 6.61 Å². The van der Waals surface area contributed by atoms with Crippen LogP contribution in [-0.4, -0.2) is 35.7 Å².